The molecule has 0 aliphatic rings. The van der Waals surface area contributed by atoms with Crippen LogP contribution in [0.5, 0.6) is 0 Å². The molecule has 0 saturated carbocycles. The van der Waals surface area contributed by atoms with E-state index >= 15 is 0 Å². The van der Waals surface area contributed by atoms with Gasteiger partial charge in [0.25, 0.3) is 5.91 Å². The van der Waals surface area contributed by atoms with Crippen molar-refractivity contribution in [2.75, 3.05) is 5.32 Å². The Morgan fingerprint density at radius 1 is 0.906 bits per heavy atom. The van der Waals surface area contributed by atoms with Gasteiger partial charge in [0, 0.05) is 29.9 Å². The third-order valence-electron chi connectivity index (χ3n) is 5.38. The molecule has 0 saturated heterocycles. The lowest BCUT2D eigenvalue weighted by atomic mass is 10.0. The maximum Gasteiger partial charge on any atom is 0.257 e. The Hall–Kier alpha value is -4.26. The maximum absolute atomic E-state index is 12.6. The highest BCUT2D eigenvalue weighted by Crippen LogP contribution is 2.30. The summed E-state index contributed by atoms with van der Waals surface area (Å²) < 4.78 is 3.47. The molecular weight excluding hydrogens is 400 g/mol. The molecule has 0 atom stereocenters. The molecule has 0 unspecified atom stereocenters. The fraction of sp³-hybridized carbons (Fsp3) is 0.120. The number of amides is 1. The van der Waals surface area contributed by atoms with E-state index in [4.69, 9.17) is 5.10 Å². The van der Waals surface area contributed by atoms with Gasteiger partial charge in [-0.05, 0) is 37.6 Å². The zero-order chi connectivity index (χ0) is 22.2. The van der Waals surface area contributed by atoms with Crippen LogP contribution in [0.25, 0.3) is 28.2 Å². The number of rotatable bonds is 4. The van der Waals surface area contributed by atoms with Crippen molar-refractivity contribution in [3.05, 3.63) is 89.7 Å². The molecule has 5 rings (SSSR count). The molecule has 0 spiro atoms. The molecule has 5 aromatic rings. The highest BCUT2D eigenvalue weighted by molar-refractivity contribution is 6.04. The Balaban J connectivity index is 1.48. The first-order chi connectivity index (χ1) is 15.5. The van der Waals surface area contributed by atoms with Crippen molar-refractivity contribution in [1.29, 1.82) is 0 Å². The fourth-order valence-corrected chi connectivity index (χ4v) is 3.70. The van der Waals surface area contributed by atoms with Crippen LogP contribution in [0.3, 0.4) is 0 Å². The Bertz CT molecular complexity index is 1450. The minimum absolute atomic E-state index is 0.194. The van der Waals surface area contributed by atoms with Crippen LogP contribution in [0.2, 0.25) is 0 Å². The number of aryl methyl sites for hydroxylation is 3. The number of hydrogen-bond acceptors (Lipinski definition) is 4. The van der Waals surface area contributed by atoms with Gasteiger partial charge in [-0.25, -0.2) is 9.50 Å². The fourth-order valence-electron chi connectivity index (χ4n) is 3.70. The molecule has 32 heavy (non-hydrogen) atoms. The first-order valence-electron chi connectivity index (χ1n) is 10.3. The molecule has 0 radical (unpaired) electrons. The largest absolute Gasteiger partial charge is 0.305 e. The summed E-state index contributed by atoms with van der Waals surface area (Å²) in [4.78, 5) is 17.1. The third kappa shape index (κ3) is 3.65. The van der Waals surface area contributed by atoms with E-state index in [-0.39, 0.29) is 5.91 Å². The minimum atomic E-state index is -0.194. The van der Waals surface area contributed by atoms with Gasteiger partial charge in [-0.2, -0.15) is 10.2 Å². The third-order valence-corrected chi connectivity index (χ3v) is 5.38. The molecule has 158 valence electrons. The van der Waals surface area contributed by atoms with Gasteiger partial charge in [-0.1, -0.05) is 48.0 Å². The lowest BCUT2D eigenvalue weighted by molar-refractivity contribution is 0.102. The van der Waals surface area contributed by atoms with Crippen LogP contribution < -0.4 is 5.32 Å². The summed E-state index contributed by atoms with van der Waals surface area (Å²) in [6.45, 7) is 3.97. The molecule has 7 nitrogen and oxygen atoms in total. The highest BCUT2D eigenvalue weighted by Gasteiger charge is 2.16. The molecule has 3 aromatic heterocycles. The van der Waals surface area contributed by atoms with E-state index in [1.807, 2.05) is 50.5 Å². The zero-order valence-electron chi connectivity index (χ0n) is 18.1. The summed E-state index contributed by atoms with van der Waals surface area (Å²) in [7, 11) is 1.90. The van der Waals surface area contributed by atoms with Gasteiger partial charge in [-0.15, -0.1) is 0 Å². The number of nitrogens with one attached hydrogen (secondary N) is 1. The molecule has 3 heterocycles. The second kappa shape index (κ2) is 7.77. The highest BCUT2D eigenvalue weighted by atomic mass is 16.1. The van der Waals surface area contributed by atoms with Gasteiger partial charge in [0.15, 0.2) is 11.5 Å². The van der Waals surface area contributed by atoms with E-state index in [1.165, 1.54) is 5.56 Å². The molecule has 0 aliphatic carbocycles. The van der Waals surface area contributed by atoms with Crippen LogP contribution in [-0.2, 0) is 7.05 Å². The Morgan fingerprint density at radius 2 is 1.69 bits per heavy atom. The van der Waals surface area contributed by atoms with Crippen LogP contribution in [-0.4, -0.2) is 30.3 Å². The van der Waals surface area contributed by atoms with Crippen LogP contribution in [0.4, 0.5) is 5.82 Å². The quantitative estimate of drug-likeness (QED) is 0.457. The van der Waals surface area contributed by atoms with Gasteiger partial charge in [-0.3, -0.25) is 9.48 Å². The summed E-state index contributed by atoms with van der Waals surface area (Å²) >= 11 is 0. The summed E-state index contributed by atoms with van der Waals surface area (Å²) in [5.74, 6) is 0.258. The van der Waals surface area contributed by atoms with E-state index in [9.17, 15) is 4.79 Å². The first kappa shape index (κ1) is 19.7. The number of imidazole rings is 1. The SMILES string of the molecule is Cc1ccc(-c2nn(C)cc2-c2ccc3nc(NC(=O)c4ccccc4C)cn3n2)cc1. The monoisotopic (exact) mass is 422 g/mol. The minimum Gasteiger partial charge on any atom is -0.305 e. The van der Waals surface area contributed by atoms with Crippen molar-refractivity contribution in [3.63, 3.8) is 0 Å². The molecule has 1 N–H and O–H groups in total. The normalized spacial score (nSPS) is 11.1. The number of nitrogens with zero attached hydrogens (tertiary/aromatic N) is 5. The van der Waals surface area contributed by atoms with Gasteiger partial charge in [0.05, 0.1) is 11.9 Å². The van der Waals surface area contributed by atoms with E-state index < -0.39 is 0 Å². The molecule has 0 aliphatic heterocycles. The average Bonchev–Trinajstić information content (AvgIpc) is 3.36. The molecule has 7 heteroatoms. The van der Waals surface area contributed by atoms with Crippen LogP contribution in [0.15, 0.2) is 73.1 Å². The standard InChI is InChI=1S/C25H22N6O/c1-16-8-10-18(11-9-16)24-20(14-30(3)29-24)21-12-13-23-26-22(15-31(23)28-21)27-25(32)19-7-5-4-6-17(19)2/h4-15H,1-3H3,(H,27,32). The Kier molecular flexibility index (Phi) is 4.78. The number of aromatic nitrogens is 5. The van der Waals surface area contributed by atoms with Crippen molar-refractivity contribution >= 4 is 17.4 Å². The smallest absolute Gasteiger partial charge is 0.257 e. The number of anilines is 1. The number of hydrogen-bond donors (Lipinski definition) is 1. The maximum atomic E-state index is 12.6. The molecular formula is C25H22N6O. The average molecular weight is 422 g/mol. The lowest BCUT2D eigenvalue weighted by Crippen LogP contribution is -2.13. The van der Waals surface area contributed by atoms with Crippen LogP contribution in [0, 0.1) is 13.8 Å². The summed E-state index contributed by atoms with van der Waals surface area (Å²) in [6, 6.07) is 19.5. The van der Waals surface area contributed by atoms with E-state index in [1.54, 1.807) is 21.5 Å². The zero-order valence-corrected chi connectivity index (χ0v) is 18.1. The van der Waals surface area contributed by atoms with Crippen molar-refractivity contribution in [1.82, 2.24) is 24.4 Å². The predicted octanol–water partition coefficient (Wildman–Crippen LogP) is 4.67. The molecule has 0 fully saturated rings. The molecule has 0 bridgehead atoms. The number of carbonyl (C=O) groups is 1. The summed E-state index contributed by atoms with van der Waals surface area (Å²) in [6.07, 6.45) is 3.68. The number of fused-ring (bicyclic) bond motifs is 1. The van der Waals surface area contributed by atoms with Gasteiger partial charge >= 0.3 is 0 Å². The van der Waals surface area contributed by atoms with E-state index in [0.29, 0.717) is 17.0 Å². The van der Waals surface area contributed by atoms with E-state index in [0.717, 1.165) is 28.1 Å². The lowest BCUT2D eigenvalue weighted by Gasteiger charge is -2.04. The second-order valence-corrected chi connectivity index (χ2v) is 7.85. The predicted molar refractivity (Wildman–Crippen MR) is 124 cm³/mol. The van der Waals surface area contributed by atoms with Gasteiger partial charge in [0.1, 0.15) is 5.69 Å². The summed E-state index contributed by atoms with van der Waals surface area (Å²) in [5.41, 5.74) is 6.98. The number of benzene rings is 2. The second-order valence-electron chi connectivity index (χ2n) is 7.85. The number of carbonyl (C=O) groups excluding carboxylic acids is 1. The summed E-state index contributed by atoms with van der Waals surface area (Å²) in [5, 5.41) is 12.2. The van der Waals surface area contributed by atoms with Crippen molar-refractivity contribution in [2.45, 2.75) is 13.8 Å². The van der Waals surface area contributed by atoms with E-state index in [2.05, 4.69) is 46.6 Å². The van der Waals surface area contributed by atoms with Crippen molar-refractivity contribution in [2.24, 2.45) is 7.05 Å². The van der Waals surface area contributed by atoms with Crippen LogP contribution in [0.1, 0.15) is 21.5 Å². The van der Waals surface area contributed by atoms with Gasteiger partial charge < -0.3 is 5.32 Å². The van der Waals surface area contributed by atoms with Crippen molar-refractivity contribution < 1.29 is 4.79 Å². The first-order valence-corrected chi connectivity index (χ1v) is 10.3. The Labute approximate surface area is 185 Å². The van der Waals surface area contributed by atoms with Crippen molar-refractivity contribution in [3.8, 4) is 22.5 Å². The molecule has 1 amide bonds. The Morgan fingerprint density at radius 3 is 2.47 bits per heavy atom. The van der Waals surface area contributed by atoms with Gasteiger partial charge in [0.2, 0.25) is 0 Å². The molecule has 2 aromatic carbocycles. The topological polar surface area (TPSA) is 77.1 Å². The van der Waals surface area contributed by atoms with Crippen LogP contribution >= 0.6 is 0 Å².